The number of benzene rings is 2. The number of nitrogens with zero attached hydrogens (tertiary/aromatic N) is 1. The molecule has 0 unspecified atom stereocenters. The highest BCUT2D eigenvalue weighted by Gasteiger charge is 2.26. The lowest BCUT2D eigenvalue weighted by atomic mass is 9.75. The smallest absolute Gasteiger partial charge is 0.321 e. The second-order valence-corrected chi connectivity index (χ2v) is 8.95. The van der Waals surface area contributed by atoms with E-state index in [-0.39, 0.29) is 18.4 Å². The molecule has 4 nitrogen and oxygen atoms in total. The number of carbonyl (C=O) groups excluding carboxylic acids is 1. The Morgan fingerprint density at radius 2 is 1.79 bits per heavy atom. The zero-order valence-electron chi connectivity index (χ0n) is 17.4. The van der Waals surface area contributed by atoms with Crippen LogP contribution in [0.2, 0.25) is 0 Å². The van der Waals surface area contributed by atoms with Crippen molar-refractivity contribution in [3.05, 3.63) is 54.1 Å². The first-order valence-electron chi connectivity index (χ1n) is 10.5. The number of carbonyl (C=O) groups is 1. The van der Waals surface area contributed by atoms with Gasteiger partial charge in [-0.25, -0.2) is 4.79 Å². The minimum atomic E-state index is -0.00956. The van der Waals surface area contributed by atoms with E-state index >= 15 is 0 Å². The lowest BCUT2D eigenvalue weighted by Crippen LogP contribution is -2.35. The third-order valence-electron chi connectivity index (χ3n) is 6.24. The van der Waals surface area contributed by atoms with Crippen molar-refractivity contribution in [1.29, 1.82) is 0 Å². The summed E-state index contributed by atoms with van der Waals surface area (Å²) >= 11 is 0. The van der Waals surface area contributed by atoms with Gasteiger partial charge in [-0.15, -0.1) is 12.4 Å². The highest BCUT2D eigenvalue weighted by molar-refractivity contribution is 5.94. The first-order chi connectivity index (χ1) is 13.5. The Labute approximate surface area is 180 Å². The molecule has 0 bridgehead atoms. The van der Waals surface area contributed by atoms with Crippen LogP contribution in [0.3, 0.4) is 0 Å². The van der Waals surface area contributed by atoms with Gasteiger partial charge in [-0.3, -0.25) is 4.90 Å². The van der Waals surface area contributed by atoms with Crippen molar-refractivity contribution in [3.8, 4) is 11.1 Å². The molecule has 2 N–H and O–H groups in total. The van der Waals surface area contributed by atoms with Gasteiger partial charge in [0.25, 0.3) is 0 Å². The molecule has 1 saturated heterocycles. The number of urea groups is 1. The predicted octanol–water partition coefficient (Wildman–Crippen LogP) is 5.36. The van der Waals surface area contributed by atoms with Crippen LogP contribution in [0.15, 0.2) is 48.5 Å². The van der Waals surface area contributed by atoms with E-state index in [9.17, 15) is 4.79 Å². The molecule has 29 heavy (non-hydrogen) atoms. The van der Waals surface area contributed by atoms with Gasteiger partial charge in [0.1, 0.15) is 0 Å². The van der Waals surface area contributed by atoms with E-state index < -0.39 is 0 Å². The summed E-state index contributed by atoms with van der Waals surface area (Å²) in [5.74, 6) is 0. The number of rotatable bonds is 5. The molecule has 0 atom stereocenters. The first kappa shape index (κ1) is 21.7. The zero-order valence-corrected chi connectivity index (χ0v) is 18.2. The van der Waals surface area contributed by atoms with Gasteiger partial charge < -0.3 is 10.6 Å². The number of anilines is 1. The Morgan fingerprint density at radius 1 is 1.07 bits per heavy atom. The van der Waals surface area contributed by atoms with Crippen molar-refractivity contribution in [2.24, 2.45) is 5.41 Å². The van der Waals surface area contributed by atoms with Gasteiger partial charge in [0, 0.05) is 31.4 Å². The maximum Gasteiger partial charge on any atom is 0.321 e. The van der Waals surface area contributed by atoms with Gasteiger partial charge >= 0.3 is 6.03 Å². The average Bonchev–Trinajstić information content (AvgIpc) is 3.14. The summed E-state index contributed by atoms with van der Waals surface area (Å²) in [6.07, 6.45) is 5.19. The molecule has 2 aromatic carbocycles. The monoisotopic (exact) mass is 413 g/mol. The molecular formula is C24H32ClN3O. The SMILES string of the molecule is CC1(C)CCC(NCc2ccc(-c3cccc(N4CCNC4=O)c3)cc2)CC1.Cl. The van der Waals surface area contributed by atoms with Crippen molar-refractivity contribution >= 4 is 24.1 Å². The molecule has 0 spiro atoms. The summed E-state index contributed by atoms with van der Waals surface area (Å²) in [5.41, 5.74) is 5.13. The van der Waals surface area contributed by atoms with Crippen molar-refractivity contribution in [2.75, 3.05) is 18.0 Å². The van der Waals surface area contributed by atoms with Crippen LogP contribution in [-0.2, 0) is 6.54 Å². The summed E-state index contributed by atoms with van der Waals surface area (Å²) < 4.78 is 0. The number of hydrogen-bond acceptors (Lipinski definition) is 2. The fourth-order valence-corrected chi connectivity index (χ4v) is 4.25. The third-order valence-corrected chi connectivity index (χ3v) is 6.24. The van der Waals surface area contributed by atoms with Crippen LogP contribution in [0, 0.1) is 5.41 Å². The normalized spacial score (nSPS) is 19.0. The number of nitrogens with one attached hydrogen (secondary N) is 2. The lowest BCUT2D eigenvalue weighted by Gasteiger charge is -2.34. The molecule has 156 valence electrons. The summed E-state index contributed by atoms with van der Waals surface area (Å²) in [6, 6.07) is 17.7. The fraction of sp³-hybridized carbons (Fsp3) is 0.458. The molecule has 1 aliphatic carbocycles. The fourth-order valence-electron chi connectivity index (χ4n) is 4.25. The second kappa shape index (κ2) is 9.19. The van der Waals surface area contributed by atoms with Crippen molar-refractivity contribution in [3.63, 3.8) is 0 Å². The molecule has 5 heteroatoms. The summed E-state index contributed by atoms with van der Waals surface area (Å²) in [4.78, 5) is 13.7. The number of hydrogen-bond donors (Lipinski definition) is 2. The quantitative estimate of drug-likeness (QED) is 0.692. The van der Waals surface area contributed by atoms with Gasteiger partial charge in [-0.2, -0.15) is 0 Å². The van der Waals surface area contributed by atoms with Crippen LogP contribution in [0.4, 0.5) is 10.5 Å². The van der Waals surface area contributed by atoms with E-state index in [2.05, 4.69) is 60.9 Å². The Balaban J connectivity index is 0.00000240. The van der Waals surface area contributed by atoms with E-state index in [4.69, 9.17) is 0 Å². The van der Waals surface area contributed by atoms with Gasteiger partial charge in [0.15, 0.2) is 0 Å². The predicted molar refractivity (Wildman–Crippen MR) is 123 cm³/mol. The summed E-state index contributed by atoms with van der Waals surface area (Å²) in [6.45, 7) is 7.13. The standard InChI is InChI=1S/C24H31N3O.ClH/c1-24(2)12-10-21(11-13-24)26-17-18-6-8-19(9-7-18)20-4-3-5-22(16-20)27-15-14-25-23(27)28;/h3-9,16,21,26H,10-15,17H2,1-2H3,(H,25,28);1H. The van der Waals surface area contributed by atoms with Crippen molar-refractivity contribution < 1.29 is 4.79 Å². The Morgan fingerprint density at radius 3 is 2.45 bits per heavy atom. The maximum atomic E-state index is 11.9. The van der Waals surface area contributed by atoms with Crippen LogP contribution >= 0.6 is 12.4 Å². The minimum absolute atomic E-state index is 0. The molecule has 4 rings (SSSR count). The second-order valence-electron chi connectivity index (χ2n) is 8.95. The van der Waals surface area contributed by atoms with Gasteiger partial charge in [0.05, 0.1) is 0 Å². The molecule has 2 aromatic rings. The van der Waals surface area contributed by atoms with Gasteiger partial charge in [0.2, 0.25) is 0 Å². The van der Waals surface area contributed by atoms with Crippen LogP contribution in [0.25, 0.3) is 11.1 Å². The van der Waals surface area contributed by atoms with Gasteiger partial charge in [-0.05, 0) is 59.9 Å². The molecule has 2 fully saturated rings. The molecule has 0 radical (unpaired) electrons. The molecular weight excluding hydrogens is 382 g/mol. The maximum absolute atomic E-state index is 11.9. The van der Waals surface area contributed by atoms with E-state index in [0.29, 0.717) is 18.0 Å². The zero-order chi connectivity index (χ0) is 19.6. The van der Waals surface area contributed by atoms with E-state index in [1.807, 2.05) is 12.1 Å². The molecule has 1 heterocycles. The van der Waals surface area contributed by atoms with E-state index in [0.717, 1.165) is 24.3 Å². The molecule has 2 aliphatic rings. The van der Waals surface area contributed by atoms with E-state index in [1.165, 1.54) is 36.8 Å². The summed E-state index contributed by atoms with van der Waals surface area (Å²) in [5, 5.41) is 6.60. The first-order valence-corrected chi connectivity index (χ1v) is 10.5. The van der Waals surface area contributed by atoms with Crippen LogP contribution in [-0.4, -0.2) is 25.2 Å². The highest BCUT2D eigenvalue weighted by Crippen LogP contribution is 2.35. The van der Waals surface area contributed by atoms with E-state index in [1.54, 1.807) is 4.90 Å². The highest BCUT2D eigenvalue weighted by atomic mass is 35.5. The molecule has 2 amide bonds. The van der Waals surface area contributed by atoms with Crippen molar-refractivity contribution in [1.82, 2.24) is 10.6 Å². The van der Waals surface area contributed by atoms with Crippen LogP contribution in [0.1, 0.15) is 45.1 Å². The van der Waals surface area contributed by atoms with Crippen molar-refractivity contribution in [2.45, 2.75) is 52.1 Å². The van der Waals surface area contributed by atoms with Gasteiger partial charge in [-0.1, -0.05) is 50.2 Å². The van der Waals surface area contributed by atoms with Crippen LogP contribution in [0.5, 0.6) is 0 Å². The molecule has 1 saturated carbocycles. The minimum Gasteiger partial charge on any atom is -0.336 e. The number of halogens is 1. The average molecular weight is 414 g/mol. The third kappa shape index (κ3) is 5.31. The molecule has 1 aliphatic heterocycles. The number of amides is 2. The largest absolute Gasteiger partial charge is 0.336 e. The Bertz CT molecular complexity index is 824. The lowest BCUT2D eigenvalue weighted by molar-refractivity contribution is 0.206. The van der Waals surface area contributed by atoms with Crippen LogP contribution < -0.4 is 15.5 Å². The molecule has 0 aromatic heterocycles. The topological polar surface area (TPSA) is 44.4 Å². The Kier molecular flexibility index (Phi) is 6.86. The summed E-state index contributed by atoms with van der Waals surface area (Å²) in [7, 11) is 0. The Hall–Kier alpha value is -2.04.